The van der Waals surface area contributed by atoms with Gasteiger partial charge in [0.2, 0.25) is 5.69 Å². The van der Waals surface area contributed by atoms with Crippen LogP contribution in [0.4, 0.5) is 0 Å². The Balaban J connectivity index is 4.14. The molecule has 0 aromatic carbocycles. The molecule has 5 heteroatoms. The fourth-order valence-corrected chi connectivity index (χ4v) is 7.05. The normalized spacial score (nSPS) is 12.7. The third-order valence-corrected chi connectivity index (χ3v) is 7.30. The van der Waals surface area contributed by atoms with Gasteiger partial charge in [-0.2, -0.15) is 0 Å². The molecule has 0 spiro atoms. The Hall–Kier alpha value is 0.920. The third kappa shape index (κ3) is 9.00. The van der Waals surface area contributed by atoms with E-state index in [1.165, 1.54) is 19.3 Å². The Bertz CT molecular complexity index is 206. The van der Waals surface area contributed by atoms with Crippen LogP contribution in [-0.2, 0) is 20.9 Å². The lowest BCUT2D eigenvalue weighted by Gasteiger charge is -2.25. The van der Waals surface area contributed by atoms with Gasteiger partial charge in [0.25, 0.3) is 0 Å². The molecule has 0 rings (SSSR count). The van der Waals surface area contributed by atoms with Gasteiger partial charge in [0.15, 0.2) is 0 Å². The minimum atomic E-state index is -2.12. The molecule has 0 aliphatic rings. The van der Waals surface area contributed by atoms with Crippen LogP contribution < -0.4 is 0 Å². The molecule has 0 aliphatic carbocycles. The van der Waals surface area contributed by atoms with E-state index in [2.05, 4.69) is 6.92 Å². The van der Waals surface area contributed by atoms with Crippen LogP contribution in [0.5, 0.6) is 0 Å². The SMILES string of the molecule is CCCCCSP(=S)(OC(C)C)OC(C)C. The highest BCUT2D eigenvalue weighted by Gasteiger charge is 2.22. The largest absolute Gasteiger partial charge is 0.319 e. The van der Waals surface area contributed by atoms with Gasteiger partial charge < -0.3 is 9.05 Å². The molecule has 0 fully saturated rings. The van der Waals surface area contributed by atoms with Crippen molar-refractivity contribution in [3.8, 4) is 0 Å². The Morgan fingerprint density at radius 1 is 1.06 bits per heavy atom. The second kappa shape index (κ2) is 8.93. The summed E-state index contributed by atoms with van der Waals surface area (Å²) in [6, 6.07) is 0. The molecule has 0 atom stereocenters. The van der Waals surface area contributed by atoms with Crippen LogP contribution >= 0.6 is 17.1 Å². The fraction of sp³-hybridized carbons (Fsp3) is 1.00. The molecule has 0 radical (unpaired) electrons. The summed E-state index contributed by atoms with van der Waals surface area (Å²) in [7, 11) is 0. The molecular weight excluding hydrogens is 259 g/mol. The highest BCUT2D eigenvalue weighted by Crippen LogP contribution is 2.62. The molecule has 0 bridgehead atoms. The Morgan fingerprint density at radius 2 is 1.56 bits per heavy atom. The smallest absolute Gasteiger partial charge is 0.247 e. The van der Waals surface area contributed by atoms with Crippen molar-refractivity contribution in [2.75, 3.05) is 5.75 Å². The minimum Gasteiger partial charge on any atom is -0.319 e. The van der Waals surface area contributed by atoms with E-state index in [1.54, 1.807) is 11.4 Å². The molecule has 0 unspecified atom stereocenters. The van der Waals surface area contributed by atoms with Gasteiger partial charge in [0.05, 0.1) is 12.2 Å². The molecule has 0 amide bonds. The topological polar surface area (TPSA) is 18.5 Å². The van der Waals surface area contributed by atoms with Crippen LogP contribution in [-0.4, -0.2) is 18.0 Å². The standard InChI is InChI=1S/C11H25O2PS2/c1-6-7-8-9-16-14(15,12-10(2)3)13-11(4)5/h10-11H,6-9H2,1-5H3. The zero-order valence-electron chi connectivity index (χ0n) is 11.1. The second-order valence-electron chi connectivity index (χ2n) is 4.30. The Morgan fingerprint density at radius 3 is 1.94 bits per heavy atom. The molecule has 0 heterocycles. The van der Waals surface area contributed by atoms with E-state index in [0.29, 0.717) is 0 Å². The lowest BCUT2D eigenvalue weighted by molar-refractivity contribution is 0.186. The zero-order valence-corrected chi connectivity index (χ0v) is 13.6. The number of rotatable bonds is 9. The molecule has 0 aliphatic heterocycles. The van der Waals surface area contributed by atoms with E-state index in [0.717, 1.165) is 5.75 Å². The summed E-state index contributed by atoms with van der Waals surface area (Å²) >= 11 is 7.24. The first-order chi connectivity index (χ1) is 7.39. The van der Waals surface area contributed by atoms with Crippen molar-refractivity contribution >= 4 is 28.9 Å². The van der Waals surface area contributed by atoms with Gasteiger partial charge in [-0.15, -0.1) is 0 Å². The van der Waals surface area contributed by atoms with Crippen molar-refractivity contribution in [2.45, 2.75) is 66.1 Å². The van der Waals surface area contributed by atoms with Gasteiger partial charge in [-0.05, 0) is 45.9 Å². The van der Waals surface area contributed by atoms with Crippen molar-refractivity contribution in [3.63, 3.8) is 0 Å². The summed E-state index contributed by atoms with van der Waals surface area (Å²) in [5.74, 6) is 1.05. The number of unbranched alkanes of at least 4 members (excludes halogenated alkanes) is 2. The van der Waals surface area contributed by atoms with E-state index < -0.39 is 5.69 Å². The molecule has 0 N–H and O–H groups in total. The van der Waals surface area contributed by atoms with Gasteiger partial charge in [0.1, 0.15) is 0 Å². The number of hydrogen-bond acceptors (Lipinski definition) is 4. The van der Waals surface area contributed by atoms with Crippen LogP contribution in [0.25, 0.3) is 0 Å². The van der Waals surface area contributed by atoms with Gasteiger partial charge in [-0.3, -0.25) is 0 Å². The Labute approximate surface area is 110 Å². The van der Waals surface area contributed by atoms with E-state index in [4.69, 9.17) is 20.9 Å². The average molecular weight is 284 g/mol. The van der Waals surface area contributed by atoms with Gasteiger partial charge in [-0.25, -0.2) is 0 Å². The van der Waals surface area contributed by atoms with Gasteiger partial charge >= 0.3 is 0 Å². The van der Waals surface area contributed by atoms with E-state index in [1.807, 2.05) is 27.7 Å². The predicted octanol–water partition coefficient (Wildman–Crippen LogP) is 4.98. The summed E-state index contributed by atoms with van der Waals surface area (Å²) in [5, 5.41) is 0. The molecule has 0 saturated carbocycles. The molecular formula is C11H25O2PS2. The molecule has 0 aromatic rings. The lowest BCUT2D eigenvalue weighted by Crippen LogP contribution is -2.06. The monoisotopic (exact) mass is 284 g/mol. The quantitative estimate of drug-likeness (QED) is 0.438. The number of hydrogen-bond donors (Lipinski definition) is 0. The maximum absolute atomic E-state index is 5.80. The van der Waals surface area contributed by atoms with Crippen molar-refractivity contribution in [1.29, 1.82) is 0 Å². The average Bonchev–Trinajstić information content (AvgIpc) is 2.09. The molecule has 16 heavy (non-hydrogen) atoms. The second-order valence-corrected chi connectivity index (χ2v) is 10.6. The minimum absolute atomic E-state index is 0.142. The maximum atomic E-state index is 5.80. The molecule has 0 saturated heterocycles. The summed E-state index contributed by atoms with van der Waals surface area (Å²) in [5.41, 5.74) is -2.12. The van der Waals surface area contributed by atoms with Gasteiger partial charge in [0, 0.05) is 5.75 Å². The predicted molar refractivity (Wildman–Crippen MR) is 78.7 cm³/mol. The Kier molecular flexibility index (Phi) is 9.44. The van der Waals surface area contributed by atoms with Crippen molar-refractivity contribution in [2.24, 2.45) is 0 Å². The summed E-state index contributed by atoms with van der Waals surface area (Å²) in [4.78, 5) is 0. The molecule has 98 valence electrons. The summed E-state index contributed by atoms with van der Waals surface area (Å²) in [6.45, 7) is 10.2. The van der Waals surface area contributed by atoms with Gasteiger partial charge in [-0.1, -0.05) is 31.1 Å². The van der Waals surface area contributed by atoms with E-state index >= 15 is 0 Å². The molecule has 0 aromatic heterocycles. The van der Waals surface area contributed by atoms with Crippen LogP contribution in [0.3, 0.4) is 0 Å². The van der Waals surface area contributed by atoms with Crippen LogP contribution in [0.1, 0.15) is 53.9 Å². The zero-order chi connectivity index (χ0) is 12.6. The fourth-order valence-electron chi connectivity index (χ4n) is 1.13. The maximum Gasteiger partial charge on any atom is 0.247 e. The van der Waals surface area contributed by atoms with Crippen molar-refractivity contribution in [1.82, 2.24) is 0 Å². The summed E-state index contributed by atoms with van der Waals surface area (Å²) in [6.07, 6.45) is 3.97. The van der Waals surface area contributed by atoms with Crippen LogP contribution in [0, 0.1) is 0 Å². The first-order valence-electron chi connectivity index (χ1n) is 6.01. The highest BCUT2D eigenvalue weighted by atomic mass is 32.9. The van der Waals surface area contributed by atoms with Crippen LogP contribution in [0.2, 0.25) is 0 Å². The lowest BCUT2D eigenvalue weighted by atomic mass is 10.3. The summed E-state index contributed by atoms with van der Waals surface area (Å²) < 4.78 is 11.6. The van der Waals surface area contributed by atoms with E-state index in [9.17, 15) is 0 Å². The first-order valence-corrected chi connectivity index (χ1v) is 10.2. The highest BCUT2D eigenvalue weighted by molar-refractivity contribution is 8.67. The van der Waals surface area contributed by atoms with Crippen LogP contribution in [0.15, 0.2) is 0 Å². The van der Waals surface area contributed by atoms with Crippen molar-refractivity contribution < 1.29 is 9.05 Å². The molecule has 2 nitrogen and oxygen atoms in total. The first kappa shape index (κ1) is 16.9. The third-order valence-electron chi connectivity index (χ3n) is 1.68. The van der Waals surface area contributed by atoms with Crippen molar-refractivity contribution in [3.05, 3.63) is 0 Å². The van der Waals surface area contributed by atoms with E-state index in [-0.39, 0.29) is 12.2 Å².